The first-order chi connectivity index (χ1) is 6.04. The van der Waals surface area contributed by atoms with E-state index in [0.29, 0.717) is 6.42 Å². The number of nitrogens with two attached hydrogens (primary N) is 1. The molecule has 0 aliphatic heterocycles. The molecule has 13 heavy (non-hydrogen) atoms. The van der Waals surface area contributed by atoms with Crippen molar-refractivity contribution in [2.24, 2.45) is 5.73 Å². The van der Waals surface area contributed by atoms with E-state index < -0.39 is 5.54 Å². The average molecular weight is 181 g/mol. The molecular weight excluding hydrogens is 162 g/mol. The van der Waals surface area contributed by atoms with Crippen LogP contribution in [0.5, 0.6) is 0 Å². The molecule has 2 heteroatoms. The highest BCUT2D eigenvalue weighted by atomic mass is 16.1. The first-order valence-electron chi connectivity index (χ1n) is 5.01. The summed E-state index contributed by atoms with van der Waals surface area (Å²) < 4.78 is 0. The SMILES string of the molecule is C=C(C)CC(=O)C1(N)CCCCC1. The number of Topliss-reactive ketones (excluding diaryl/α,β-unsaturated/α-hetero) is 1. The van der Waals surface area contributed by atoms with Crippen LogP contribution in [0.15, 0.2) is 12.2 Å². The second-order valence-corrected chi connectivity index (χ2v) is 4.27. The van der Waals surface area contributed by atoms with Crippen molar-refractivity contribution in [2.45, 2.75) is 51.0 Å². The van der Waals surface area contributed by atoms with E-state index in [1.807, 2.05) is 6.92 Å². The van der Waals surface area contributed by atoms with Crippen LogP contribution in [-0.2, 0) is 4.79 Å². The van der Waals surface area contributed by atoms with Crippen LogP contribution in [0.3, 0.4) is 0 Å². The van der Waals surface area contributed by atoms with Gasteiger partial charge >= 0.3 is 0 Å². The molecule has 1 rings (SSSR count). The standard InChI is InChI=1S/C11H19NO/c1-9(2)8-10(13)11(12)6-4-3-5-7-11/h1,3-8,12H2,2H3. The molecule has 0 saturated heterocycles. The number of hydrogen-bond donors (Lipinski definition) is 1. The van der Waals surface area contributed by atoms with Crippen molar-refractivity contribution >= 4 is 5.78 Å². The number of carbonyl (C=O) groups is 1. The Labute approximate surface area is 80.2 Å². The third-order valence-corrected chi connectivity index (χ3v) is 2.76. The van der Waals surface area contributed by atoms with Crippen LogP contribution in [-0.4, -0.2) is 11.3 Å². The average Bonchev–Trinajstić information content (AvgIpc) is 2.04. The summed E-state index contributed by atoms with van der Waals surface area (Å²) in [6.07, 6.45) is 5.59. The van der Waals surface area contributed by atoms with Crippen molar-refractivity contribution in [1.29, 1.82) is 0 Å². The Bertz CT molecular complexity index is 214. The smallest absolute Gasteiger partial charge is 0.156 e. The molecule has 0 aromatic rings. The molecule has 0 spiro atoms. The van der Waals surface area contributed by atoms with Gasteiger partial charge in [0.05, 0.1) is 5.54 Å². The molecule has 0 radical (unpaired) electrons. The van der Waals surface area contributed by atoms with E-state index in [-0.39, 0.29) is 5.78 Å². The van der Waals surface area contributed by atoms with Gasteiger partial charge in [-0.15, -0.1) is 0 Å². The van der Waals surface area contributed by atoms with Gasteiger partial charge in [0.25, 0.3) is 0 Å². The van der Waals surface area contributed by atoms with Crippen molar-refractivity contribution in [1.82, 2.24) is 0 Å². The van der Waals surface area contributed by atoms with Crippen LogP contribution in [0.1, 0.15) is 45.4 Å². The van der Waals surface area contributed by atoms with Crippen molar-refractivity contribution in [3.05, 3.63) is 12.2 Å². The van der Waals surface area contributed by atoms with Crippen LogP contribution >= 0.6 is 0 Å². The van der Waals surface area contributed by atoms with Crippen LogP contribution in [0.2, 0.25) is 0 Å². The lowest BCUT2D eigenvalue weighted by Crippen LogP contribution is -2.49. The third-order valence-electron chi connectivity index (χ3n) is 2.76. The zero-order valence-corrected chi connectivity index (χ0v) is 8.44. The summed E-state index contributed by atoms with van der Waals surface area (Å²) in [5.74, 6) is 0.180. The van der Waals surface area contributed by atoms with Crippen molar-refractivity contribution in [2.75, 3.05) is 0 Å². The minimum atomic E-state index is -0.531. The van der Waals surface area contributed by atoms with E-state index >= 15 is 0 Å². The first kappa shape index (κ1) is 10.5. The van der Waals surface area contributed by atoms with Crippen molar-refractivity contribution < 1.29 is 4.79 Å². The summed E-state index contributed by atoms with van der Waals surface area (Å²) in [7, 11) is 0. The first-order valence-corrected chi connectivity index (χ1v) is 5.01. The summed E-state index contributed by atoms with van der Waals surface area (Å²) in [6, 6.07) is 0. The Kier molecular flexibility index (Phi) is 3.26. The van der Waals surface area contributed by atoms with Crippen LogP contribution in [0.25, 0.3) is 0 Å². The van der Waals surface area contributed by atoms with E-state index in [4.69, 9.17) is 5.73 Å². The molecule has 0 atom stereocenters. The largest absolute Gasteiger partial charge is 0.319 e. The zero-order valence-electron chi connectivity index (χ0n) is 8.44. The normalized spacial score (nSPS) is 21.1. The highest BCUT2D eigenvalue weighted by Crippen LogP contribution is 2.28. The number of rotatable bonds is 3. The Morgan fingerprint density at radius 2 is 1.92 bits per heavy atom. The van der Waals surface area contributed by atoms with Crippen molar-refractivity contribution in [3.8, 4) is 0 Å². The van der Waals surface area contributed by atoms with E-state index in [9.17, 15) is 4.79 Å². The molecule has 2 nitrogen and oxygen atoms in total. The Balaban J connectivity index is 2.56. The summed E-state index contributed by atoms with van der Waals surface area (Å²) in [4.78, 5) is 11.7. The maximum Gasteiger partial charge on any atom is 0.156 e. The second kappa shape index (κ2) is 4.05. The number of carbonyl (C=O) groups excluding carboxylic acids is 1. The fourth-order valence-electron chi connectivity index (χ4n) is 1.91. The summed E-state index contributed by atoms with van der Waals surface area (Å²) in [6.45, 7) is 5.62. The molecule has 0 aromatic heterocycles. The minimum Gasteiger partial charge on any atom is -0.319 e. The lowest BCUT2D eigenvalue weighted by molar-refractivity contribution is -0.124. The van der Waals surface area contributed by atoms with Crippen molar-refractivity contribution in [3.63, 3.8) is 0 Å². The molecule has 1 aliphatic carbocycles. The molecule has 1 fully saturated rings. The number of ketones is 1. The summed E-state index contributed by atoms with van der Waals surface area (Å²) in [5, 5.41) is 0. The highest BCUT2D eigenvalue weighted by molar-refractivity contribution is 5.89. The predicted molar refractivity (Wildman–Crippen MR) is 54.4 cm³/mol. The molecule has 1 saturated carbocycles. The number of hydrogen-bond acceptors (Lipinski definition) is 2. The van der Waals surface area contributed by atoms with Gasteiger partial charge in [0.2, 0.25) is 0 Å². The van der Waals surface area contributed by atoms with Crippen LogP contribution in [0.4, 0.5) is 0 Å². The van der Waals surface area contributed by atoms with E-state index in [2.05, 4.69) is 6.58 Å². The molecule has 0 amide bonds. The minimum absolute atomic E-state index is 0.180. The Morgan fingerprint density at radius 1 is 1.38 bits per heavy atom. The predicted octanol–water partition coefficient (Wildman–Crippen LogP) is 2.18. The van der Waals surface area contributed by atoms with Gasteiger partial charge in [-0.05, 0) is 19.8 Å². The van der Waals surface area contributed by atoms with Crippen LogP contribution in [0, 0.1) is 0 Å². The van der Waals surface area contributed by atoms with Gasteiger partial charge in [0.15, 0.2) is 5.78 Å². The number of allylic oxidation sites excluding steroid dienone is 1. The summed E-state index contributed by atoms with van der Waals surface area (Å²) in [5.41, 5.74) is 6.45. The fourth-order valence-corrected chi connectivity index (χ4v) is 1.91. The van der Waals surface area contributed by atoms with Gasteiger partial charge in [-0.2, -0.15) is 0 Å². The summed E-state index contributed by atoms with van der Waals surface area (Å²) >= 11 is 0. The van der Waals surface area contributed by atoms with E-state index in [0.717, 1.165) is 31.3 Å². The molecule has 0 heterocycles. The molecule has 1 aliphatic rings. The van der Waals surface area contributed by atoms with Crippen LogP contribution < -0.4 is 5.73 Å². The van der Waals surface area contributed by atoms with Gasteiger partial charge in [0, 0.05) is 6.42 Å². The molecule has 0 unspecified atom stereocenters. The second-order valence-electron chi connectivity index (χ2n) is 4.27. The quantitative estimate of drug-likeness (QED) is 0.678. The molecule has 74 valence electrons. The van der Waals surface area contributed by atoms with Gasteiger partial charge in [-0.1, -0.05) is 31.4 Å². The van der Waals surface area contributed by atoms with Gasteiger partial charge in [-0.25, -0.2) is 0 Å². The molecule has 0 aromatic carbocycles. The maximum atomic E-state index is 11.7. The Morgan fingerprint density at radius 3 is 2.38 bits per heavy atom. The maximum absolute atomic E-state index is 11.7. The van der Waals surface area contributed by atoms with E-state index in [1.165, 1.54) is 6.42 Å². The zero-order chi connectivity index (χ0) is 9.90. The highest BCUT2D eigenvalue weighted by Gasteiger charge is 2.34. The molecule has 0 bridgehead atoms. The topological polar surface area (TPSA) is 43.1 Å². The van der Waals surface area contributed by atoms with Gasteiger partial charge < -0.3 is 5.73 Å². The Hall–Kier alpha value is -0.630. The third kappa shape index (κ3) is 2.66. The molecule has 2 N–H and O–H groups in total. The molecular formula is C11H19NO. The monoisotopic (exact) mass is 181 g/mol. The van der Waals surface area contributed by atoms with Gasteiger partial charge in [-0.3, -0.25) is 4.79 Å². The fraction of sp³-hybridized carbons (Fsp3) is 0.727. The lowest BCUT2D eigenvalue weighted by Gasteiger charge is -2.31. The van der Waals surface area contributed by atoms with E-state index in [1.54, 1.807) is 0 Å². The lowest BCUT2D eigenvalue weighted by atomic mass is 9.78. The van der Waals surface area contributed by atoms with Gasteiger partial charge in [0.1, 0.15) is 0 Å².